The van der Waals surface area contributed by atoms with Crippen molar-refractivity contribution in [3.8, 4) is 0 Å². The van der Waals surface area contributed by atoms with Gasteiger partial charge < -0.3 is 9.94 Å². The van der Waals surface area contributed by atoms with Crippen LogP contribution in [0.4, 0.5) is 5.95 Å². The lowest BCUT2D eigenvalue weighted by molar-refractivity contribution is -0.595. The van der Waals surface area contributed by atoms with E-state index in [0.717, 1.165) is 17.8 Å². The summed E-state index contributed by atoms with van der Waals surface area (Å²) in [6.07, 6.45) is 3.08. The second kappa shape index (κ2) is 3.57. The quantitative estimate of drug-likeness (QED) is 0.435. The first kappa shape index (κ1) is 8.25. The van der Waals surface area contributed by atoms with Gasteiger partial charge in [0.15, 0.2) is 0 Å². The van der Waals surface area contributed by atoms with Crippen molar-refractivity contribution in [2.24, 2.45) is 0 Å². The molecule has 0 unspecified atom stereocenters. The van der Waals surface area contributed by atoms with Crippen LogP contribution in [0.5, 0.6) is 0 Å². The molecule has 2 rings (SSSR count). The van der Waals surface area contributed by atoms with Crippen LogP contribution < -0.4 is 9.63 Å². The highest BCUT2D eigenvalue weighted by molar-refractivity contribution is 5.23. The third-order valence-electron chi connectivity index (χ3n) is 1.99. The molecule has 1 aromatic rings. The normalized spacial score (nSPS) is 17.4. The zero-order valence-corrected chi connectivity index (χ0v) is 7.22. The van der Waals surface area contributed by atoms with Gasteiger partial charge in [-0.05, 0) is 0 Å². The van der Waals surface area contributed by atoms with E-state index >= 15 is 0 Å². The summed E-state index contributed by atoms with van der Waals surface area (Å²) >= 11 is 0. The number of rotatable bonds is 1. The van der Waals surface area contributed by atoms with Gasteiger partial charge in [0.25, 0.3) is 0 Å². The maximum atomic E-state index is 11.3. The lowest BCUT2D eigenvalue weighted by Gasteiger charge is -2.23. The Morgan fingerprint density at radius 2 is 2.23 bits per heavy atom. The zero-order chi connectivity index (χ0) is 9.10. The first-order valence-corrected chi connectivity index (χ1v) is 4.25. The molecule has 0 atom stereocenters. The Morgan fingerprint density at radius 3 is 2.92 bits per heavy atom. The average Bonchev–Trinajstić information content (AvgIpc) is 2.20. The molecule has 0 bridgehead atoms. The summed E-state index contributed by atoms with van der Waals surface area (Å²) in [4.78, 5) is 5.95. The molecule has 1 saturated heterocycles. The van der Waals surface area contributed by atoms with Crippen LogP contribution in [0.25, 0.3) is 0 Å². The fourth-order valence-corrected chi connectivity index (χ4v) is 1.33. The number of anilines is 1. The molecular weight excluding hydrogens is 170 g/mol. The summed E-state index contributed by atoms with van der Waals surface area (Å²) in [6, 6.07) is 1.62. The molecule has 13 heavy (non-hydrogen) atoms. The van der Waals surface area contributed by atoms with Crippen LogP contribution in [0.1, 0.15) is 0 Å². The van der Waals surface area contributed by atoms with Gasteiger partial charge in [-0.25, -0.2) is 4.73 Å². The summed E-state index contributed by atoms with van der Waals surface area (Å²) in [6.45, 7) is 2.80. The lowest BCUT2D eigenvalue weighted by Crippen LogP contribution is -2.44. The maximum absolute atomic E-state index is 11.3. The molecule has 0 N–H and O–H groups in total. The van der Waals surface area contributed by atoms with E-state index in [2.05, 4.69) is 4.98 Å². The van der Waals surface area contributed by atoms with Crippen molar-refractivity contribution in [1.82, 2.24) is 4.98 Å². The number of aromatic nitrogens is 2. The molecule has 5 nitrogen and oxygen atoms in total. The molecule has 1 aliphatic rings. The number of morpholine rings is 1. The molecule has 0 aromatic carbocycles. The van der Waals surface area contributed by atoms with Crippen LogP contribution in [0, 0.1) is 5.21 Å². The molecule has 1 fully saturated rings. The maximum Gasteiger partial charge on any atom is 0.394 e. The summed E-state index contributed by atoms with van der Waals surface area (Å²) in [5, 5.41) is 11.3. The third kappa shape index (κ3) is 1.70. The van der Waals surface area contributed by atoms with Crippen molar-refractivity contribution in [3.63, 3.8) is 0 Å². The van der Waals surface area contributed by atoms with Gasteiger partial charge in [0, 0.05) is 6.07 Å². The second-order valence-corrected chi connectivity index (χ2v) is 2.84. The van der Waals surface area contributed by atoms with Crippen LogP contribution in [-0.2, 0) is 4.74 Å². The Bertz CT molecular complexity index is 286. The molecule has 0 spiro atoms. The highest BCUT2D eigenvalue weighted by atomic mass is 16.5. The van der Waals surface area contributed by atoms with Gasteiger partial charge in [0.1, 0.15) is 6.20 Å². The summed E-state index contributed by atoms with van der Waals surface area (Å²) in [5.41, 5.74) is 0. The Balaban J connectivity index is 2.18. The predicted octanol–water partition coefficient (Wildman–Crippen LogP) is -0.448. The van der Waals surface area contributed by atoms with E-state index in [-0.39, 0.29) is 0 Å². The molecule has 1 aliphatic heterocycles. The van der Waals surface area contributed by atoms with Gasteiger partial charge in [0.05, 0.1) is 32.5 Å². The van der Waals surface area contributed by atoms with Crippen molar-refractivity contribution < 1.29 is 9.47 Å². The molecule has 1 aromatic heterocycles. The molecule has 5 heteroatoms. The highest BCUT2D eigenvalue weighted by Crippen LogP contribution is 2.05. The van der Waals surface area contributed by atoms with Crippen molar-refractivity contribution >= 4 is 5.95 Å². The minimum atomic E-state index is 0.464. The molecule has 70 valence electrons. The Morgan fingerprint density at radius 1 is 1.46 bits per heavy atom. The molecule has 0 radical (unpaired) electrons. The van der Waals surface area contributed by atoms with Gasteiger partial charge in [0.2, 0.25) is 0 Å². The highest BCUT2D eigenvalue weighted by Gasteiger charge is 2.20. The molecule has 0 amide bonds. The summed E-state index contributed by atoms with van der Waals surface area (Å²) < 4.78 is 5.96. The van der Waals surface area contributed by atoms with E-state index < -0.39 is 0 Å². The van der Waals surface area contributed by atoms with E-state index in [4.69, 9.17) is 4.74 Å². The van der Waals surface area contributed by atoms with Gasteiger partial charge >= 0.3 is 5.95 Å². The number of hydrogen-bond acceptors (Lipinski definition) is 4. The fourth-order valence-electron chi connectivity index (χ4n) is 1.33. The first-order valence-electron chi connectivity index (χ1n) is 4.25. The van der Waals surface area contributed by atoms with Crippen LogP contribution in [0.2, 0.25) is 0 Å². The number of ether oxygens (including phenoxy) is 1. The SMILES string of the molecule is [O-][n+]1cccnc1N1CCOCC1. The molecule has 2 heterocycles. The molecule has 0 aliphatic carbocycles. The lowest BCUT2D eigenvalue weighted by atomic mass is 10.4. The largest absolute Gasteiger partial charge is 0.740 e. The van der Waals surface area contributed by atoms with Crippen molar-refractivity contribution in [2.75, 3.05) is 31.2 Å². The van der Waals surface area contributed by atoms with Gasteiger partial charge in [-0.3, -0.25) is 4.90 Å². The second-order valence-electron chi connectivity index (χ2n) is 2.84. The fraction of sp³-hybridized carbons (Fsp3) is 0.500. The van der Waals surface area contributed by atoms with Crippen LogP contribution >= 0.6 is 0 Å². The summed E-state index contributed by atoms with van der Waals surface area (Å²) in [7, 11) is 0. The van der Waals surface area contributed by atoms with E-state index in [1.54, 1.807) is 12.3 Å². The van der Waals surface area contributed by atoms with E-state index in [1.807, 2.05) is 4.90 Å². The van der Waals surface area contributed by atoms with Crippen molar-refractivity contribution in [3.05, 3.63) is 23.7 Å². The average molecular weight is 181 g/mol. The van der Waals surface area contributed by atoms with Crippen molar-refractivity contribution in [1.29, 1.82) is 0 Å². The van der Waals surface area contributed by atoms with E-state index in [0.29, 0.717) is 19.2 Å². The van der Waals surface area contributed by atoms with E-state index in [9.17, 15) is 5.21 Å². The monoisotopic (exact) mass is 181 g/mol. The topological polar surface area (TPSA) is 52.3 Å². The number of nitrogens with zero attached hydrogens (tertiary/aromatic N) is 3. The number of hydrogen-bond donors (Lipinski definition) is 0. The van der Waals surface area contributed by atoms with Gasteiger partial charge in [-0.2, -0.15) is 0 Å². The smallest absolute Gasteiger partial charge is 0.394 e. The summed E-state index contributed by atoms with van der Waals surface area (Å²) in [5.74, 6) is 0.464. The van der Waals surface area contributed by atoms with Gasteiger partial charge in [-0.1, -0.05) is 4.98 Å². The molecular formula is C8H11N3O2. The minimum absolute atomic E-state index is 0.464. The predicted molar refractivity (Wildman–Crippen MR) is 46.2 cm³/mol. The third-order valence-corrected chi connectivity index (χ3v) is 1.99. The van der Waals surface area contributed by atoms with Crippen molar-refractivity contribution in [2.45, 2.75) is 0 Å². The zero-order valence-electron chi connectivity index (χ0n) is 7.22. The van der Waals surface area contributed by atoms with Crippen LogP contribution in [0.15, 0.2) is 18.5 Å². The van der Waals surface area contributed by atoms with E-state index in [1.165, 1.54) is 6.20 Å². The molecule has 0 saturated carbocycles. The van der Waals surface area contributed by atoms with Gasteiger partial charge in [-0.15, -0.1) is 0 Å². The Labute approximate surface area is 76.2 Å². The standard InChI is InChI=1S/C8H11N3O2/c12-11-3-1-2-9-8(11)10-4-6-13-7-5-10/h1-3H,4-7H2. The Kier molecular flexibility index (Phi) is 2.27. The Hall–Kier alpha value is -1.36. The van der Waals surface area contributed by atoms with Crippen LogP contribution in [-0.4, -0.2) is 31.3 Å². The van der Waals surface area contributed by atoms with Crippen LogP contribution in [0.3, 0.4) is 0 Å². The first-order chi connectivity index (χ1) is 6.38. The minimum Gasteiger partial charge on any atom is -0.740 e.